The maximum atomic E-state index is 11.2. The number of primary amides is 1. The normalized spacial score (nSPS) is 11.2. The number of hydrogen-bond acceptors (Lipinski definition) is 5. The van der Waals surface area contributed by atoms with E-state index in [0.29, 0.717) is 23.6 Å². The fourth-order valence-corrected chi connectivity index (χ4v) is 1.29. The zero-order valence-corrected chi connectivity index (χ0v) is 11.7. The third-order valence-electron chi connectivity index (χ3n) is 2.35. The Morgan fingerprint density at radius 1 is 1.44 bits per heavy atom. The fraction of sp³-hybridized carbons (Fsp3) is 0.583. The van der Waals surface area contributed by atoms with Crippen LogP contribution in [0.4, 0.5) is 5.95 Å². The molecule has 1 atom stereocenters. The first kappa shape index (κ1) is 16.3. The first-order chi connectivity index (χ1) is 8.58. The molecule has 1 aromatic heterocycles. The summed E-state index contributed by atoms with van der Waals surface area (Å²) in [6.07, 6.45) is 2.09. The van der Waals surface area contributed by atoms with E-state index < -0.39 is 5.91 Å². The van der Waals surface area contributed by atoms with Crippen LogP contribution in [0.5, 0.6) is 0 Å². The molecule has 1 aromatic rings. The van der Waals surface area contributed by atoms with Gasteiger partial charge in [-0.1, -0.05) is 13.8 Å². The topological polar surface area (TPSA) is 92.9 Å². The molecule has 0 aliphatic rings. The molecule has 0 aliphatic heterocycles. The van der Waals surface area contributed by atoms with Gasteiger partial charge in [0.25, 0.3) is 5.91 Å². The Kier molecular flexibility index (Phi) is 7.62. The highest BCUT2D eigenvalue weighted by Crippen LogP contribution is 2.09. The Hall–Kier alpha value is -1.69. The van der Waals surface area contributed by atoms with Crippen molar-refractivity contribution >= 4 is 11.9 Å². The molecule has 0 bridgehead atoms. The second-order valence-corrected chi connectivity index (χ2v) is 3.56. The molecule has 0 fully saturated rings. The van der Waals surface area contributed by atoms with Crippen LogP contribution in [0.1, 0.15) is 36.8 Å². The highest BCUT2D eigenvalue weighted by atomic mass is 16.1. The van der Waals surface area contributed by atoms with Gasteiger partial charge in [0.1, 0.15) is 0 Å². The Morgan fingerprint density at radius 2 is 2.06 bits per heavy atom. The number of amides is 1. The van der Waals surface area contributed by atoms with Crippen LogP contribution >= 0.6 is 0 Å². The largest absolute Gasteiger partial charge is 0.365 e. The molecular weight excluding hydrogens is 230 g/mol. The van der Waals surface area contributed by atoms with Gasteiger partial charge >= 0.3 is 0 Å². The van der Waals surface area contributed by atoms with E-state index in [1.807, 2.05) is 27.8 Å². The lowest BCUT2D eigenvalue weighted by molar-refractivity contribution is 0.0998. The number of carbonyl (C=O) groups excluding carboxylic acids is 1. The molecule has 1 amide bonds. The Morgan fingerprint density at radius 3 is 2.50 bits per heavy atom. The first-order valence-corrected chi connectivity index (χ1v) is 6.09. The summed E-state index contributed by atoms with van der Waals surface area (Å²) in [4.78, 5) is 19.4. The summed E-state index contributed by atoms with van der Waals surface area (Å²) in [6, 6.07) is 0.220. The molecule has 1 unspecified atom stereocenters. The lowest BCUT2D eigenvalue weighted by Crippen LogP contribution is -2.26. The van der Waals surface area contributed by atoms with Crippen molar-refractivity contribution in [2.75, 3.05) is 19.4 Å². The highest BCUT2D eigenvalue weighted by molar-refractivity contribution is 5.93. The summed E-state index contributed by atoms with van der Waals surface area (Å²) in [6.45, 7) is 6.01. The molecule has 4 N–H and O–H groups in total. The summed E-state index contributed by atoms with van der Waals surface area (Å²) in [5.41, 5.74) is 6.30. The lowest BCUT2D eigenvalue weighted by atomic mass is 10.1. The highest BCUT2D eigenvalue weighted by Gasteiger charge is 2.13. The predicted molar refractivity (Wildman–Crippen MR) is 73.7 cm³/mol. The molecule has 0 aliphatic carbocycles. The molecule has 6 heteroatoms. The Labute approximate surface area is 108 Å². The van der Waals surface area contributed by atoms with Gasteiger partial charge in [-0.05, 0) is 14.0 Å². The molecule has 0 saturated carbocycles. The summed E-state index contributed by atoms with van der Waals surface area (Å²) in [7, 11) is 3.58. The quantitative estimate of drug-likeness (QED) is 0.721. The second kappa shape index (κ2) is 8.41. The number of anilines is 1. The van der Waals surface area contributed by atoms with Gasteiger partial charge in [0.15, 0.2) is 0 Å². The Bertz CT molecular complexity index is 381. The zero-order valence-electron chi connectivity index (χ0n) is 11.7. The minimum atomic E-state index is -0.499. The summed E-state index contributed by atoms with van der Waals surface area (Å²) >= 11 is 0. The van der Waals surface area contributed by atoms with Crippen molar-refractivity contribution in [2.45, 2.75) is 33.2 Å². The van der Waals surface area contributed by atoms with Crippen molar-refractivity contribution in [2.24, 2.45) is 5.73 Å². The molecular formula is C12H23N5O. The van der Waals surface area contributed by atoms with Gasteiger partial charge in [-0.2, -0.15) is 0 Å². The smallest absolute Gasteiger partial charge is 0.252 e. The van der Waals surface area contributed by atoms with Gasteiger partial charge in [0.05, 0.1) is 11.3 Å². The van der Waals surface area contributed by atoms with Crippen LogP contribution in [0, 0.1) is 0 Å². The van der Waals surface area contributed by atoms with Crippen LogP contribution in [0.15, 0.2) is 6.20 Å². The van der Waals surface area contributed by atoms with E-state index in [4.69, 9.17) is 5.73 Å². The number of hydrogen-bond donors (Lipinski definition) is 3. The van der Waals surface area contributed by atoms with Crippen molar-refractivity contribution in [3.63, 3.8) is 0 Å². The van der Waals surface area contributed by atoms with Crippen molar-refractivity contribution in [1.29, 1.82) is 0 Å². The van der Waals surface area contributed by atoms with Crippen molar-refractivity contribution < 1.29 is 4.79 Å². The van der Waals surface area contributed by atoms with E-state index >= 15 is 0 Å². The van der Waals surface area contributed by atoms with E-state index in [9.17, 15) is 4.79 Å². The van der Waals surface area contributed by atoms with E-state index in [1.54, 1.807) is 7.05 Å². The van der Waals surface area contributed by atoms with Gasteiger partial charge in [-0.15, -0.1) is 0 Å². The third-order valence-corrected chi connectivity index (χ3v) is 2.35. The lowest BCUT2D eigenvalue weighted by Gasteiger charge is -2.12. The van der Waals surface area contributed by atoms with Crippen LogP contribution in [-0.2, 0) is 6.42 Å². The van der Waals surface area contributed by atoms with E-state index in [-0.39, 0.29) is 6.04 Å². The molecule has 18 heavy (non-hydrogen) atoms. The van der Waals surface area contributed by atoms with Crippen LogP contribution in [0.25, 0.3) is 0 Å². The standard InChI is InChI=1S/C10H17N5O.C2H6/c1-6(12-2)4-8-7(9(11)16)5-14-10(13-3)15-8;1-2/h5-6,12H,4H2,1-3H3,(H2,11,16)(H,13,14,15);1-2H3. The minimum Gasteiger partial charge on any atom is -0.365 e. The predicted octanol–water partition coefficient (Wildman–Crippen LogP) is 0.794. The van der Waals surface area contributed by atoms with Gasteiger partial charge < -0.3 is 16.4 Å². The maximum Gasteiger partial charge on any atom is 0.252 e. The number of carbonyl (C=O) groups is 1. The number of nitrogens with one attached hydrogen (secondary N) is 2. The molecule has 0 aromatic carbocycles. The number of aromatic nitrogens is 2. The number of nitrogens with zero attached hydrogens (tertiary/aromatic N) is 2. The van der Waals surface area contributed by atoms with E-state index in [0.717, 1.165) is 0 Å². The third kappa shape index (κ3) is 4.67. The fourth-order valence-electron chi connectivity index (χ4n) is 1.29. The van der Waals surface area contributed by atoms with Crippen molar-refractivity contribution in [3.05, 3.63) is 17.5 Å². The van der Waals surface area contributed by atoms with Gasteiger partial charge in [-0.3, -0.25) is 4.79 Å². The van der Waals surface area contributed by atoms with E-state index in [2.05, 4.69) is 20.6 Å². The minimum absolute atomic E-state index is 0.220. The maximum absolute atomic E-state index is 11.2. The average molecular weight is 253 g/mol. The Balaban J connectivity index is 0.00000137. The second-order valence-electron chi connectivity index (χ2n) is 3.56. The zero-order chi connectivity index (χ0) is 14.1. The summed E-state index contributed by atoms with van der Waals surface area (Å²) in [5.74, 6) is -0.00995. The van der Waals surface area contributed by atoms with Gasteiger partial charge in [0, 0.05) is 25.7 Å². The van der Waals surface area contributed by atoms with Gasteiger partial charge in [-0.25, -0.2) is 9.97 Å². The molecule has 1 rings (SSSR count). The van der Waals surface area contributed by atoms with Crippen molar-refractivity contribution in [3.8, 4) is 0 Å². The van der Waals surface area contributed by atoms with Gasteiger partial charge in [0.2, 0.25) is 5.95 Å². The number of likely N-dealkylation sites (N-methyl/N-ethyl adjacent to an activating group) is 1. The van der Waals surface area contributed by atoms with Crippen molar-refractivity contribution in [1.82, 2.24) is 15.3 Å². The molecule has 0 spiro atoms. The van der Waals surface area contributed by atoms with Crippen LogP contribution in [0.3, 0.4) is 0 Å². The molecule has 0 radical (unpaired) electrons. The van der Waals surface area contributed by atoms with Crippen LogP contribution < -0.4 is 16.4 Å². The average Bonchev–Trinajstić information content (AvgIpc) is 2.40. The summed E-state index contributed by atoms with van der Waals surface area (Å²) < 4.78 is 0. The summed E-state index contributed by atoms with van der Waals surface area (Å²) in [5, 5.41) is 5.91. The molecule has 102 valence electrons. The number of nitrogens with two attached hydrogens (primary N) is 1. The number of rotatable bonds is 5. The molecule has 6 nitrogen and oxygen atoms in total. The first-order valence-electron chi connectivity index (χ1n) is 6.09. The van der Waals surface area contributed by atoms with Crippen LogP contribution in [0.2, 0.25) is 0 Å². The monoisotopic (exact) mass is 253 g/mol. The van der Waals surface area contributed by atoms with Crippen LogP contribution in [-0.4, -0.2) is 36.0 Å². The van der Waals surface area contributed by atoms with E-state index in [1.165, 1.54) is 6.20 Å². The molecule has 0 saturated heterocycles. The molecule has 1 heterocycles. The SMILES string of the molecule is CC.CNc1ncc(C(N)=O)c(CC(C)NC)n1.